The number of alkyl halides is 3. The first-order valence-electron chi connectivity index (χ1n) is 5.54. The zero-order valence-corrected chi connectivity index (χ0v) is 11.3. The van der Waals surface area contributed by atoms with Crippen molar-refractivity contribution in [1.29, 1.82) is 0 Å². The van der Waals surface area contributed by atoms with Gasteiger partial charge in [0.25, 0.3) is 10.2 Å². The van der Waals surface area contributed by atoms with Gasteiger partial charge in [0.2, 0.25) is 0 Å². The molecule has 18 heavy (non-hydrogen) atoms. The largest absolute Gasteiger partial charge is 0.402 e. The lowest BCUT2D eigenvalue weighted by Gasteiger charge is -2.27. The predicted octanol–water partition coefficient (Wildman–Crippen LogP) is 0.820. The molecule has 0 saturated carbocycles. The molecule has 5 nitrogen and oxygen atoms in total. The van der Waals surface area contributed by atoms with Crippen LogP contribution in [0.4, 0.5) is 13.2 Å². The van der Waals surface area contributed by atoms with Crippen molar-refractivity contribution >= 4 is 10.2 Å². The first-order valence-corrected chi connectivity index (χ1v) is 6.94. The molecule has 0 aromatic rings. The number of unbranched alkanes of at least 4 members (excludes halogenated alkanes) is 1. The van der Waals surface area contributed by atoms with E-state index in [-0.39, 0.29) is 10.8 Å². The van der Waals surface area contributed by atoms with Gasteiger partial charge in [-0.3, -0.25) is 0 Å². The molecule has 0 aliphatic heterocycles. The smallest absolute Gasteiger partial charge is 0.395 e. The van der Waals surface area contributed by atoms with E-state index in [1.54, 1.807) is 0 Å². The molecule has 0 heterocycles. The van der Waals surface area contributed by atoms with Gasteiger partial charge in [-0.05, 0) is 6.42 Å². The summed E-state index contributed by atoms with van der Waals surface area (Å²) < 4.78 is 61.6. The van der Waals surface area contributed by atoms with E-state index < -0.39 is 36.1 Å². The standard InChI is InChI=1S/C9H19F3N2O3S/c1-3-4-5-13(2)18(16,17)14(6-7-15)8-9(10,11)12/h15H,3-8H2,1-2H3. The lowest BCUT2D eigenvalue weighted by molar-refractivity contribution is -0.137. The van der Waals surface area contributed by atoms with Crippen LogP contribution in [0.25, 0.3) is 0 Å². The second-order valence-electron chi connectivity index (χ2n) is 3.86. The van der Waals surface area contributed by atoms with Gasteiger partial charge >= 0.3 is 6.18 Å². The van der Waals surface area contributed by atoms with E-state index in [4.69, 9.17) is 5.11 Å². The third kappa shape index (κ3) is 5.98. The quantitative estimate of drug-likeness (QED) is 0.720. The Balaban J connectivity index is 4.86. The van der Waals surface area contributed by atoms with Gasteiger partial charge < -0.3 is 5.11 Å². The molecule has 0 aromatic heterocycles. The summed E-state index contributed by atoms with van der Waals surface area (Å²) in [5.41, 5.74) is 0. The molecule has 0 bridgehead atoms. The first-order chi connectivity index (χ1) is 8.15. The van der Waals surface area contributed by atoms with Gasteiger partial charge in [0.1, 0.15) is 6.54 Å². The van der Waals surface area contributed by atoms with Crippen molar-refractivity contribution in [3.05, 3.63) is 0 Å². The van der Waals surface area contributed by atoms with Crippen molar-refractivity contribution in [2.24, 2.45) is 0 Å². The van der Waals surface area contributed by atoms with Crippen molar-refractivity contribution in [3.8, 4) is 0 Å². The molecule has 0 aliphatic carbocycles. The monoisotopic (exact) mass is 292 g/mol. The molecule has 0 amide bonds. The Bertz CT molecular complexity index is 332. The Labute approximate surface area is 105 Å². The van der Waals surface area contributed by atoms with Crippen LogP contribution in [0.2, 0.25) is 0 Å². The molecule has 0 atom stereocenters. The van der Waals surface area contributed by atoms with E-state index in [2.05, 4.69) is 0 Å². The van der Waals surface area contributed by atoms with Crippen LogP contribution in [-0.4, -0.2) is 61.6 Å². The number of hydrogen-bond acceptors (Lipinski definition) is 3. The first kappa shape index (κ1) is 17.6. The molecule has 0 rings (SSSR count). The number of aliphatic hydroxyl groups is 1. The highest BCUT2D eigenvalue weighted by Gasteiger charge is 2.37. The number of hydrogen-bond donors (Lipinski definition) is 1. The van der Waals surface area contributed by atoms with Gasteiger partial charge in [-0.25, -0.2) is 0 Å². The van der Waals surface area contributed by atoms with Gasteiger partial charge in [-0.2, -0.15) is 30.2 Å². The summed E-state index contributed by atoms with van der Waals surface area (Å²) in [7, 11) is -2.95. The molecule has 0 fully saturated rings. The average molecular weight is 292 g/mol. The Hall–Kier alpha value is -0.380. The molecule has 0 aromatic carbocycles. The zero-order valence-electron chi connectivity index (χ0n) is 10.4. The molecule has 0 radical (unpaired) electrons. The molecular formula is C9H19F3N2O3S. The summed E-state index contributed by atoms with van der Waals surface area (Å²) in [6.07, 6.45) is -3.33. The second kappa shape index (κ2) is 7.27. The maximum Gasteiger partial charge on any atom is 0.402 e. The maximum absolute atomic E-state index is 12.3. The summed E-state index contributed by atoms with van der Waals surface area (Å²) >= 11 is 0. The van der Waals surface area contributed by atoms with E-state index in [0.717, 1.165) is 10.7 Å². The Kier molecular flexibility index (Phi) is 7.11. The lowest BCUT2D eigenvalue weighted by Crippen LogP contribution is -2.47. The molecule has 0 unspecified atom stereocenters. The van der Waals surface area contributed by atoms with Crippen LogP contribution in [0.1, 0.15) is 19.8 Å². The predicted molar refractivity (Wildman–Crippen MR) is 61.2 cm³/mol. The van der Waals surface area contributed by atoms with E-state index >= 15 is 0 Å². The molecular weight excluding hydrogens is 273 g/mol. The summed E-state index contributed by atoms with van der Waals surface area (Å²) in [5, 5.41) is 8.66. The fourth-order valence-electron chi connectivity index (χ4n) is 1.28. The van der Waals surface area contributed by atoms with Crippen molar-refractivity contribution < 1.29 is 26.7 Å². The van der Waals surface area contributed by atoms with Crippen molar-refractivity contribution in [2.45, 2.75) is 25.9 Å². The van der Waals surface area contributed by atoms with E-state index in [1.165, 1.54) is 7.05 Å². The molecule has 110 valence electrons. The fraction of sp³-hybridized carbons (Fsp3) is 1.00. The summed E-state index contributed by atoms with van der Waals surface area (Å²) in [6, 6.07) is 0. The third-order valence-electron chi connectivity index (χ3n) is 2.25. The van der Waals surface area contributed by atoms with E-state index in [0.29, 0.717) is 6.42 Å². The molecule has 0 aliphatic rings. The third-order valence-corrected chi connectivity index (χ3v) is 4.19. The number of aliphatic hydroxyl groups excluding tert-OH is 1. The zero-order chi connectivity index (χ0) is 14.4. The minimum atomic E-state index is -4.63. The summed E-state index contributed by atoms with van der Waals surface area (Å²) in [6.45, 7) is -0.818. The van der Waals surface area contributed by atoms with Crippen LogP contribution < -0.4 is 0 Å². The van der Waals surface area contributed by atoms with Crippen molar-refractivity contribution in [1.82, 2.24) is 8.61 Å². The molecule has 1 N–H and O–H groups in total. The van der Waals surface area contributed by atoms with Gasteiger partial charge in [0, 0.05) is 20.1 Å². The van der Waals surface area contributed by atoms with E-state index in [9.17, 15) is 21.6 Å². The average Bonchev–Trinajstić information content (AvgIpc) is 2.23. The summed E-state index contributed by atoms with van der Waals surface area (Å²) in [5.74, 6) is 0. The van der Waals surface area contributed by atoms with Crippen molar-refractivity contribution in [2.75, 3.05) is 33.3 Å². The number of halogens is 3. The van der Waals surface area contributed by atoms with E-state index in [1.807, 2.05) is 6.92 Å². The molecule has 0 spiro atoms. The van der Waals surface area contributed by atoms with Crippen LogP contribution in [0.15, 0.2) is 0 Å². The van der Waals surface area contributed by atoms with Gasteiger partial charge in [-0.15, -0.1) is 0 Å². The summed E-state index contributed by atoms with van der Waals surface area (Å²) in [4.78, 5) is 0. The van der Waals surface area contributed by atoms with Crippen LogP contribution >= 0.6 is 0 Å². The van der Waals surface area contributed by atoms with Gasteiger partial charge in [0.05, 0.1) is 6.61 Å². The molecule has 9 heteroatoms. The Morgan fingerprint density at radius 1 is 1.22 bits per heavy atom. The highest BCUT2D eigenvalue weighted by atomic mass is 32.2. The van der Waals surface area contributed by atoms with Crippen LogP contribution in [0.3, 0.4) is 0 Å². The molecule has 0 saturated heterocycles. The minimum absolute atomic E-state index is 0.151. The second-order valence-corrected chi connectivity index (χ2v) is 5.89. The normalized spacial score (nSPS) is 13.6. The van der Waals surface area contributed by atoms with Crippen LogP contribution in [0, 0.1) is 0 Å². The van der Waals surface area contributed by atoms with Crippen molar-refractivity contribution in [3.63, 3.8) is 0 Å². The Morgan fingerprint density at radius 3 is 2.17 bits per heavy atom. The van der Waals surface area contributed by atoms with Gasteiger partial charge in [0.15, 0.2) is 0 Å². The minimum Gasteiger partial charge on any atom is -0.395 e. The Morgan fingerprint density at radius 2 is 1.78 bits per heavy atom. The van der Waals surface area contributed by atoms with Crippen LogP contribution in [0.5, 0.6) is 0 Å². The maximum atomic E-state index is 12.3. The van der Waals surface area contributed by atoms with Gasteiger partial charge in [-0.1, -0.05) is 13.3 Å². The fourth-order valence-corrected chi connectivity index (χ4v) is 2.66. The number of rotatable bonds is 8. The highest BCUT2D eigenvalue weighted by Crippen LogP contribution is 2.19. The number of nitrogens with zero attached hydrogens (tertiary/aromatic N) is 2. The van der Waals surface area contributed by atoms with Crippen LogP contribution in [-0.2, 0) is 10.2 Å². The SMILES string of the molecule is CCCCN(C)S(=O)(=O)N(CCO)CC(F)(F)F. The highest BCUT2D eigenvalue weighted by molar-refractivity contribution is 7.86. The lowest BCUT2D eigenvalue weighted by atomic mass is 10.3. The topological polar surface area (TPSA) is 60.9 Å².